The maximum atomic E-state index is 10.9. The fourth-order valence-corrected chi connectivity index (χ4v) is 1.67. The Kier molecular flexibility index (Phi) is 5.03. The van der Waals surface area contributed by atoms with E-state index >= 15 is 0 Å². The van der Waals surface area contributed by atoms with Gasteiger partial charge in [0.05, 0.1) is 6.10 Å². The summed E-state index contributed by atoms with van der Waals surface area (Å²) in [5.74, 6) is 1.07. The lowest BCUT2D eigenvalue weighted by molar-refractivity contribution is -0.116. The standard InChI is InChI=1S/C14H20O2/c1-4-5-12(3)16-14-8-6-13(7-9-14)10-11(2)15/h6-9,12H,4-5,10H2,1-3H3. The van der Waals surface area contributed by atoms with Crippen molar-refractivity contribution in [3.63, 3.8) is 0 Å². The van der Waals surface area contributed by atoms with Gasteiger partial charge in [-0.25, -0.2) is 0 Å². The Labute approximate surface area is 97.6 Å². The topological polar surface area (TPSA) is 26.3 Å². The first-order valence-electron chi connectivity index (χ1n) is 5.87. The molecule has 0 aromatic heterocycles. The summed E-state index contributed by atoms with van der Waals surface area (Å²) in [5, 5.41) is 0. The Morgan fingerprint density at radius 3 is 2.44 bits per heavy atom. The minimum absolute atomic E-state index is 0.188. The molecule has 0 spiro atoms. The van der Waals surface area contributed by atoms with Gasteiger partial charge in [-0.2, -0.15) is 0 Å². The molecule has 1 aromatic carbocycles. The summed E-state index contributed by atoms with van der Waals surface area (Å²) in [6, 6.07) is 7.78. The van der Waals surface area contributed by atoms with Gasteiger partial charge in [0, 0.05) is 6.42 Å². The van der Waals surface area contributed by atoms with E-state index in [2.05, 4.69) is 13.8 Å². The average molecular weight is 220 g/mol. The van der Waals surface area contributed by atoms with E-state index in [-0.39, 0.29) is 11.9 Å². The van der Waals surface area contributed by atoms with Crippen molar-refractivity contribution in [1.29, 1.82) is 0 Å². The molecule has 0 saturated heterocycles. The van der Waals surface area contributed by atoms with Crippen molar-refractivity contribution in [3.05, 3.63) is 29.8 Å². The van der Waals surface area contributed by atoms with Crippen LogP contribution in [0.25, 0.3) is 0 Å². The number of ketones is 1. The smallest absolute Gasteiger partial charge is 0.134 e. The fourth-order valence-electron chi connectivity index (χ4n) is 1.67. The lowest BCUT2D eigenvalue weighted by atomic mass is 10.1. The Morgan fingerprint density at radius 2 is 1.94 bits per heavy atom. The Bertz CT molecular complexity index is 327. The first kappa shape index (κ1) is 12.8. The van der Waals surface area contributed by atoms with Crippen LogP contribution in [0.1, 0.15) is 39.2 Å². The number of benzene rings is 1. The molecule has 88 valence electrons. The van der Waals surface area contributed by atoms with Crippen LogP contribution in [-0.2, 0) is 11.2 Å². The number of hydrogen-bond donors (Lipinski definition) is 0. The Balaban J connectivity index is 2.54. The second-order valence-corrected chi connectivity index (χ2v) is 4.24. The van der Waals surface area contributed by atoms with Crippen LogP contribution in [0.3, 0.4) is 0 Å². The van der Waals surface area contributed by atoms with Gasteiger partial charge in [-0.3, -0.25) is 4.79 Å². The lowest BCUT2D eigenvalue weighted by Crippen LogP contribution is -2.10. The highest BCUT2D eigenvalue weighted by molar-refractivity contribution is 5.78. The summed E-state index contributed by atoms with van der Waals surface area (Å²) >= 11 is 0. The molecule has 0 fully saturated rings. The van der Waals surface area contributed by atoms with Crippen LogP contribution in [0.5, 0.6) is 5.75 Å². The van der Waals surface area contributed by atoms with Gasteiger partial charge in [-0.15, -0.1) is 0 Å². The average Bonchev–Trinajstić information content (AvgIpc) is 2.20. The molecule has 0 radical (unpaired) electrons. The zero-order valence-corrected chi connectivity index (χ0v) is 10.3. The van der Waals surface area contributed by atoms with E-state index in [1.165, 1.54) is 0 Å². The Hall–Kier alpha value is -1.31. The number of carbonyl (C=O) groups excluding carboxylic acids is 1. The molecule has 1 rings (SSSR count). The number of ether oxygens (including phenoxy) is 1. The predicted octanol–water partition coefficient (Wildman–Crippen LogP) is 3.39. The minimum atomic E-state index is 0.188. The SMILES string of the molecule is CCCC(C)Oc1ccc(CC(C)=O)cc1. The third kappa shape index (κ3) is 4.47. The van der Waals surface area contributed by atoms with E-state index in [0.29, 0.717) is 6.42 Å². The molecule has 2 heteroatoms. The van der Waals surface area contributed by atoms with Crippen LogP contribution < -0.4 is 4.74 Å². The van der Waals surface area contributed by atoms with E-state index in [0.717, 1.165) is 24.2 Å². The summed E-state index contributed by atoms with van der Waals surface area (Å²) < 4.78 is 5.73. The molecule has 1 aromatic rings. The molecule has 1 atom stereocenters. The molecule has 0 heterocycles. The summed E-state index contributed by atoms with van der Waals surface area (Å²) in [6.45, 7) is 5.83. The zero-order chi connectivity index (χ0) is 12.0. The quantitative estimate of drug-likeness (QED) is 0.734. The van der Waals surface area contributed by atoms with Gasteiger partial charge in [-0.05, 0) is 38.0 Å². The first-order valence-corrected chi connectivity index (χ1v) is 5.87. The molecule has 0 aliphatic carbocycles. The van der Waals surface area contributed by atoms with E-state index in [4.69, 9.17) is 4.74 Å². The second-order valence-electron chi connectivity index (χ2n) is 4.24. The van der Waals surface area contributed by atoms with Crippen molar-refractivity contribution in [3.8, 4) is 5.75 Å². The fraction of sp³-hybridized carbons (Fsp3) is 0.500. The second kappa shape index (κ2) is 6.31. The number of rotatable bonds is 6. The maximum Gasteiger partial charge on any atom is 0.134 e. The largest absolute Gasteiger partial charge is 0.491 e. The highest BCUT2D eigenvalue weighted by Gasteiger charge is 2.03. The predicted molar refractivity (Wildman–Crippen MR) is 65.8 cm³/mol. The van der Waals surface area contributed by atoms with E-state index < -0.39 is 0 Å². The van der Waals surface area contributed by atoms with Crippen molar-refractivity contribution in [2.45, 2.75) is 46.1 Å². The van der Waals surface area contributed by atoms with Crippen molar-refractivity contribution in [2.75, 3.05) is 0 Å². The van der Waals surface area contributed by atoms with Gasteiger partial charge in [0.1, 0.15) is 11.5 Å². The molecular weight excluding hydrogens is 200 g/mol. The van der Waals surface area contributed by atoms with Crippen LogP contribution in [0.15, 0.2) is 24.3 Å². The minimum Gasteiger partial charge on any atom is -0.491 e. The highest BCUT2D eigenvalue weighted by atomic mass is 16.5. The van der Waals surface area contributed by atoms with Crippen LogP contribution in [0.4, 0.5) is 0 Å². The molecule has 16 heavy (non-hydrogen) atoms. The van der Waals surface area contributed by atoms with Crippen LogP contribution >= 0.6 is 0 Å². The molecule has 0 aliphatic heterocycles. The van der Waals surface area contributed by atoms with Crippen LogP contribution in [0.2, 0.25) is 0 Å². The molecule has 2 nitrogen and oxygen atoms in total. The van der Waals surface area contributed by atoms with E-state index in [1.807, 2.05) is 24.3 Å². The number of Topliss-reactive ketones (excluding diaryl/α,β-unsaturated/α-hetero) is 1. The van der Waals surface area contributed by atoms with Crippen LogP contribution in [0, 0.1) is 0 Å². The zero-order valence-electron chi connectivity index (χ0n) is 10.3. The van der Waals surface area contributed by atoms with Crippen LogP contribution in [-0.4, -0.2) is 11.9 Å². The van der Waals surface area contributed by atoms with Gasteiger partial charge < -0.3 is 4.74 Å². The summed E-state index contributed by atoms with van der Waals surface area (Å²) in [4.78, 5) is 10.9. The van der Waals surface area contributed by atoms with Gasteiger partial charge in [0.25, 0.3) is 0 Å². The third-order valence-electron chi connectivity index (χ3n) is 2.41. The molecule has 0 amide bonds. The van der Waals surface area contributed by atoms with Crippen molar-refractivity contribution in [2.24, 2.45) is 0 Å². The van der Waals surface area contributed by atoms with Gasteiger partial charge in [0.2, 0.25) is 0 Å². The molecular formula is C14H20O2. The molecule has 0 N–H and O–H groups in total. The maximum absolute atomic E-state index is 10.9. The lowest BCUT2D eigenvalue weighted by Gasteiger charge is -2.13. The number of hydrogen-bond acceptors (Lipinski definition) is 2. The van der Waals surface area contributed by atoms with Crippen molar-refractivity contribution >= 4 is 5.78 Å². The third-order valence-corrected chi connectivity index (χ3v) is 2.41. The first-order chi connectivity index (χ1) is 7.61. The van der Waals surface area contributed by atoms with Gasteiger partial charge in [0.15, 0.2) is 0 Å². The van der Waals surface area contributed by atoms with Gasteiger partial charge >= 0.3 is 0 Å². The summed E-state index contributed by atoms with van der Waals surface area (Å²) in [6.07, 6.45) is 2.95. The van der Waals surface area contributed by atoms with E-state index in [1.54, 1.807) is 6.92 Å². The highest BCUT2D eigenvalue weighted by Crippen LogP contribution is 2.15. The van der Waals surface area contributed by atoms with Crippen molar-refractivity contribution < 1.29 is 9.53 Å². The molecule has 1 unspecified atom stereocenters. The summed E-state index contributed by atoms with van der Waals surface area (Å²) in [5.41, 5.74) is 1.04. The molecule has 0 bridgehead atoms. The molecule has 0 aliphatic rings. The molecule has 0 saturated carbocycles. The Morgan fingerprint density at radius 1 is 1.31 bits per heavy atom. The monoisotopic (exact) mass is 220 g/mol. The normalized spacial score (nSPS) is 12.2. The van der Waals surface area contributed by atoms with Gasteiger partial charge in [-0.1, -0.05) is 25.5 Å². The summed E-state index contributed by atoms with van der Waals surface area (Å²) in [7, 11) is 0. The van der Waals surface area contributed by atoms with Crippen molar-refractivity contribution in [1.82, 2.24) is 0 Å². The van der Waals surface area contributed by atoms with E-state index in [9.17, 15) is 4.79 Å². The number of carbonyl (C=O) groups is 1.